The first-order chi connectivity index (χ1) is 8.99. The van der Waals surface area contributed by atoms with E-state index in [1.54, 1.807) is 6.07 Å². The monoisotopic (exact) mass is 271 g/mol. The normalized spacial score (nSPS) is 11.1. The molecule has 0 radical (unpaired) electrons. The highest BCUT2D eigenvalue weighted by Gasteiger charge is 2.33. The Morgan fingerprint density at radius 2 is 1.95 bits per heavy atom. The highest BCUT2D eigenvalue weighted by atomic mass is 19.4. The van der Waals surface area contributed by atoms with E-state index in [0.29, 0.717) is 18.8 Å². The number of rotatable bonds is 6. The zero-order valence-corrected chi connectivity index (χ0v) is 10.6. The maximum absolute atomic E-state index is 12.7. The summed E-state index contributed by atoms with van der Waals surface area (Å²) in [5, 5.41) is 14.7. The van der Waals surface area contributed by atoms with Crippen LogP contribution in [0.2, 0.25) is 0 Å². The predicted molar refractivity (Wildman–Crippen MR) is 67.8 cm³/mol. The molecule has 0 saturated heterocycles. The van der Waals surface area contributed by atoms with E-state index in [4.69, 9.17) is 5.26 Å². The van der Waals surface area contributed by atoms with Crippen LogP contribution in [0.3, 0.4) is 0 Å². The van der Waals surface area contributed by atoms with Crippen molar-refractivity contribution in [2.24, 2.45) is 0 Å². The second kappa shape index (κ2) is 7.00. The SMILES string of the molecule is CCCNCCNc1ccc(C#N)c(C(F)(F)F)c1. The van der Waals surface area contributed by atoms with Gasteiger partial charge in [0.2, 0.25) is 0 Å². The Kier molecular flexibility index (Phi) is 5.64. The molecule has 2 N–H and O–H groups in total. The topological polar surface area (TPSA) is 47.8 Å². The van der Waals surface area contributed by atoms with Gasteiger partial charge in [0.05, 0.1) is 17.2 Å². The Morgan fingerprint density at radius 3 is 2.53 bits per heavy atom. The van der Waals surface area contributed by atoms with Crippen molar-refractivity contribution in [3.63, 3.8) is 0 Å². The van der Waals surface area contributed by atoms with Crippen molar-refractivity contribution in [3.8, 4) is 6.07 Å². The van der Waals surface area contributed by atoms with Gasteiger partial charge in [-0.1, -0.05) is 6.92 Å². The quantitative estimate of drug-likeness (QED) is 0.782. The van der Waals surface area contributed by atoms with Gasteiger partial charge in [0.25, 0.3) is 0 Å². The third-order valence-electron chi connectivity index (χ3n) is 2.50. The Labute approximate surface area is 110 Å². The highest BCUT2D eigenvalue weighted by molar-refractivity contribution is 5.53. The third kappa shape index (κ3) is 4.79. The van der Waals surface area contributed by atoms with Crippen molar-refractivity contribution in [2.45, 2.75) is 19.5 Å². The maximum Gasteiger partial charge on any atom is 0.417 e. The van der Waals surface area contributed by atoms with Crippen molar-refractivity contribution in [2.75, 3.05) is 25.0 Å². The van der Waals surface area contributed by atoms with E-state index in [1.165, 1.54) is 12.1 Å². The van der Waals surface area contributed by atoms with Crippen LogP contribution in [0.5, 0.6) is 0 Å². The molecule has 1 aromatic rings. The van der Waals surface area contributed by atoms with Gasteiger partial charge in [0, 0.05) is 18.8 Å². The summed E-state index contributed by atoms with van der Waals surface area (Å²) in [4.78, 5) is 0. The molecule has 0 atom stereocenters. The van der Waals surface area contributed by atoms with Gasteiger partial charge in [-0.05, 0) is 31.2 Å². The summed E-state index contributed by atoms with van der Waals surface area (Å²) in [7, 11) is 0. The minimum absolute atomic E-state index is 0.359. The summed E-state index contributed by atoms with van der Waals surface area (Å²) < 4.78 is 38.1. The largest absolute Gasteiger partial charge is 0.417 e. The van der Waals surface area contributed by atoms with Crippen LogP contribution in [0, 0.1) is 11.3 Å². The molecular formula is C13H16F3N3. The summed E-state index contributed by atoms with van der Waals surface area (Å²) in [5.74, 6) is 0. The van der Waals surface area contributed by atoms with E-state index in [2.05, 4.69) is 10.6 Å². The number of alkyl halides is 3. The van der Waals surface area contributed by atoms with Gasteiger partial charge >= 0.3 is 6.18 Å². The van der Waals surface area contributed by atoms with Crippen LogP contribution in [0.1, 0.15) is 24.5 Å². The number of nitrogens with one attached hydrogen (secondary N) is 2. The van der Waals surface area contributed by atoms with Crippen LogP contribution < -0.4 is 10.6 Å². The van der Waals surface area contributed by atoms with Gasteiger partial charge in [0.1, 0.15) is 0 Å². The number of anilines is 1. The second-order valence-corrected chi connectivity index (χ2v) is 4.05. The fraction of sp³-hybridized carbons (Fsp3) is 0.462. The molecule has 3 nitrogen and oxygen atoms in total. The Bertz CT molecular complexity index is 449. The molecule has 0 aliphatic rings. The molecule has 0 aromatic heterocycles. The number of hydrogen-bond donors (Lipinski definition) is 2. The molecule has 6 heteroatoms. The summed E-state index contributed by atoms with van der Waals surface area (Å²) in [6.45, 7) is 4.12. The smallest absolute Gasteiger partial charge is 0.384 e. The van der Waals surface area contributed by atoms with Gasteiger partial charge in [0.15, 0.2) is 0 Å². The molecule has 0 saturated carbocycles. The standard InChI is InChI=1S/C13H16F3N3/c1-2-5-18-6-7-19-11-4-3-10(9-17)12(8-11)13(14,15)16/h3-4,8,18-19H,2,5-7H2,1H3. The van der Waals surface area contributed by atoms with Crippen molar-refractivity contribution in [3.05, 3.63) is 29.3 Å². The first kappa shape index (κ1) is 15.3. The minimum atomic E-state index is -4.51. The Hall–Kier alpha value is -1.74. The lowest BCUT2D eigenvalue weighted by Crippen LogP contribution is -2.22. The number of halogens is 3. The summed E-state index contributed by atoms with van der Waals surface area (Å²) in [5.41, 5.74) is -0.895. The van der Waals surface area contributed by atoms with E-state index < -0.39 is 11.7 Å². The number of benzene rings is 1. The average molecular weight is 271 g/mol. The molecule has 1 aromatic carbocycles. The summed E-state index contributed by atoms with van der Waals surface area (Å²) in [6.07, 6.45) is -3.50. The van der Waals surface area contributed by atoms with Gasteiger partial charge in [-0.15, -0.1) is 0 Å². The zero-order valence-electron chi connectivity index (χ0n) is 10.6. The molecule has 0 amide bonds. The molecule has 0 spiro atoms. The summed E-state index contributed by atoms with van der Waals surface area (Å²) >= 11 is 0. The predicted octanol–water partition coefficient (Wildman–Crippen LogP) is 2.99. The van der Waals surface area contributed by atoms with E-state index in [0.717, 1.165) is 19.0 Å². The molecule has 0 aliphatic carbocycles. The minimum Gasteiger partial charge on any atom is -0.384 e. The van der Waals surface area contributed by atoms with Crippen molar-refractivity contribution in [1.29, 1.82) is 5.26 Å². The van der Waals surface area contributed by atoms with Crippen LogP contribution in [0.25, 0.3) is 0 Å². The molecule has 0 unspecified atom stereocenters. The van der Waals surface area contributed by atoms with Crippen molar-refractivity contribution < 1.29 is 13.2 Å². The first-order valence-corrected chi connectivity index (χ1v) is 6.05. The fourth-order valence-corrected chi connectivity index (χ4v) is 1.58. The summed E-state index contributed by atoms with van der Waals surface area (Å²) in [6, 6.07) is 5.19. The lowest BCUT2D eigenvalue weighted by atomic mass is 10.1. The van der Waals surface area contributed by atoms with Crippen LogP contribution >= 0.6 is 0 Å². The first-order valence-electron chi connectivity index (χ1n) is 6.05. The van der Waals surface area contributed by atoms with Crippen LogP contribution in [0.15, 0.2) is 18.2 Å². The molecule has 0 heterocycles. The Morgan fingerprint density at radius 1 is 1.21 bits per heavy atom. The molecular weight excluding hydrogens is 255 g/mol. The van der Waals surface area contributed by atoms with Crippen molar-refractivity contribution >= 4 is 5.69 Å². The van der Waals surface area contributed by atoms with E-state index in [1.807, 2.05) is 6.92 Å². The average Bonchev–Trinajstić information content (AvgIpc) is 2.37. The lowest BCUT2D eigenvalue weighted by molar-refractivity contribution is -0.137. The van der Waals surface area contributed by atoms with E-state index in [-0.39, 0.29) is 5.56 Å². The molecule has 0 fully saturated rings. The molecule has 0 bridgehead atoms. The second-order valence-electron chi connectivity index (χ2n) is 4.05. The maximum atomic E-state index is 12.7. The highest BCUT2D eigenvalue weighted by Crippen LogP contribution is 2.33. The van der Waals surface area contributed by atoms with Gasteiger partial charge in [-0.2, -0.15) is 18.4 Å². The van der Waals surface area contributed by atoms with Crippen LogP contribution in [-0.4, -0.2) is 19.6 Å². The van der Waals surface area contributed by atoms with E-state index in [9.17, 15) is 13.2 Å². The van der Waals surface area contributed by atoms with Gasteiger partial charge in [-0.25, -0.2) is 0 Å². The van der Waals surface area contributed by atoms with Crippen LogP contribution in [-0.2, 0) is 6.18 Å². The molecule has 0 aliphatic heterocycles. The molecule has 104 valence electrons. The number of nitrogens with zero attached hydrogens (tertiary/aromatic N) is 1. The van der Waals surface area contributed by atoms with E-state index >= 15 is 0 Å². The van der Waals surface area contributed by atoms with Crippen molar-refractivity contribution in [1.82, 2.24) is 5.32 Å². The Balaban J connectivity index is 2.69. The number of nitriles is 1. The number of hydrogen-bond acceptors (Lipinski definition) is 3. The zero-order chi connectivity index (χ0) is 14.3. The van der Waals surface area contributed by atoms with Gasteiger partial charge < -0.3 is 10.6 Å². The lowest BCUT2D eigenvalue weighted by Gasteiger charge is -2.12. The molecule has 1 rings (SSSR count). The molecule has 19 heavy (non-hydrogen) atoms. The van der Waals surface area contributed by atoms with Gasteiger partial charge in [-0.3, -0.25) is 0 Å². The third-order valence-corrected chi connectivity index (χ3v) is 2.50. The fourth-order valence-electron chi connectivity index (χ4n) is 1.58. The van der Waals surface area contributed by atoms with Crippen LogP contribution in [0.4, 0.5) is 18.9 Å².